The molecule has 0 bridgehead atoms. The number of carbonyl (C=O) groups excluding carboxylic acids is 1. The van der Waals surface area contributed by atoms with Crippen LogP contribution in [0.25, 0.3) is 0 Å². The van der Waals surface area contributed by atoms with E-state index in [0.717, 1.165) is 57.7 Å². The monoisotopic (exact) mass is 437 g/mol. The number of hydrogen-bond donors (Lipinski definition) is 0. The molecule has 2 aromatic carbocycles. The van der Waals surface area contributed by atoms with Crippen molar-refractivity contribution in [1.82, 2.24) is 0 Å². The molecule has 1 aliphatic rings. The minimum Gasteiger partial charge on any atom is -0.489 e. The van der Waals surface area contributed by atoms with Gasteiger partial charge in [0.15, 0.2) is 0 Å². The van der Waals surface area contributed by atoms with Crippen LogP contribution in [0, 0.1) is 0 Å². The molecule has 1 atom stereocenters. The number of esters is 1. The quantitative estimate of drug-likeness (QED) is 0.244. The fourth-order valence-corrected chi connectivity index (χ4v) is 3.69. The number of benzene rings is 2. The first-order valence-corrected chi connectivity index (χ1v) is 11.7. The van der Waals surface area contributed by atoms with E-state index in [1.807, 2.05) is 36.4 Å². The average Bonchev–Trinajstić information content (AvgIpc) is 2.85. The van der Waals surface area contributed by atoms with Crippen molar-refractivity contribution in [2.45, 2.75) is 45.1 Å². The third kappa shape index (κ3) is 8.04. The van der Waals surface area contributed by atoms with Crippen LogP contribution in [0.3, 0.4) is 0 Å². The number of nitrogens with zero attached hydrogens (tertiary/aromatic N) is 1. The van der Waals surface area contributed by atoms with Gasteiger partial charge in [0, 0.05) is 31.3 Å². The number of unbranched alkanes of at least 4 members (excludes halogenated alkanes) is 2. The Hall–Kier alpha value is -2.79. The molecule has 0 N–H and O–H groups in total. The molecule has 2 aromatic rings. The summed E-state index contributed by atoms with van der Waals surface area (Å²) in [5.74, 6) is 0.602. The number of morpholine rings is 1. The van der Waals surface area contributed by atoms with Crippen LogP contribution in [0.15, 0.2) is 66.7 Å². The zero-order valence-corrected chi connectivity index (χ0v) is 19.1. The minimum atomic E-state index is -0.253. The van der Waals surface area contributed by atoms with Gasteiger partial charge in [0.25, 0.3) is 0 Å². The predicted octanol–water partition coefficient (Wildman–Crippen LogP) is 5.65. The lowest BCUT2D eigenvalue weighted by molar-refractivity contribution is 0.0283. The predicted molar refractivity (Wildman–Crippen MR) is 129 cm³/mol. The maximum atomic E-state index is 12.4. The SMILES string of the molecule is CCCCCC(C/C=C/COc1cccc(N2CCOCC2)c1)OC(=O)c1ccccc1. The van der Waals surface area contributed by atoms with Gasteiger partial charge >= 0.3 is 5.97 Å². The number of rotatable bonds is 12. The van der Waals surface area contributed by atoms with E-state index >= 15 is 0 Å². The van der Waals surface area contributed by atoms with Gasteiger partial charge in [0.2, 0.25) is 0 Å². The lowest BCUT2D eigenvalue weighted by Crippen LogP contribution is -2.36. The van der Waals surface area contributed by atoms with Crippen LogP contribution in [0.1, 0.15) is 49.4 Å². The summed E-state index contributed by atoms with van der Waals surface area (Å²) in [6.45, 7) is 6.01. The molecule has 5 nitrogen and oxygen atoms in total. The number of anilines is 1. The fraction of sp³-hybridized carbons (Fsp3) is 0.444. The molecule has 1 aliphatic heterocycles. The van der Waals surface area contributed by atoms with Crippen LogP contribution in [-0.4, -0.2) is 45.0 Å². The number of ether oxygens (including phenoxy) is 3. The molecule has 0 radical (unpaired) electrons. The highest BCUT2D eigenvalue weighted by Crippen LogP contribution is 2.22. The summed E-state index contributed by atoms with van der Waals surface area (Å²) >= 11 is 0. The highest BCUT2D eigenvalue weighted by Gasteiger charge is 2.15. The van der Waals surface area contributed by atoms with E-state index in [4.69, 9.17) is 14.2 Å². The van der Waals surface area contributed by atoms with E-state index in [-0.39, 0.29) is 12.1 Å². The van der Waals surface area contributed by atoms with Gasteiger partial charge in [-0.15, -0.1) is 0 Å². The lowest BCUT2D eigenvalue weighted by Gasteiger charge is -2.29. The summed E-state index contributed by atoms with van der Waals surface area (Å²) in [6.07, 6.45) is 8.86. The molecular formula is C27H35NO4. The summed E-state index contributed by atoms with van der Waals surface area (Å²) in [7, 11) is 0. The van der Waals surface area contributed by atoms with E-state index in [9.17, 15) is 4.79 Å². The maximum Gasteiger partial charge on any atom is 0.338 e. The molecule has 0 amide bonds. The second-order valence-corrected chi connectivity index (χ2v) is 8.00. The Bertz CT molecular complexity index is 831. The molecule has 1 fully saturated rings. The molecular weight excluding hydrogens is 402 g/mol. The van der Waals surface area contributed by atoms with Crippen molar-refractivity contribution < 1.29 is 19.0 Å². The molecule has 172 valence electrons. The van der Waals surface area contributed by atoms with Crippen molar-refractivity contribution in [2.24, 2.45) is 0 Å². The zero-order valence-electron chi connectivity index (χ0n) is 19.1. The Morgan fingerprint density at radius 1 is 1.06 bits per heavy atom. The van der Waals surface area contributed by atoms with E-state index in [0.29, 0.717) is 18.6 Å². The van der Waals surface area contributed by atoms with Crippen molar-refractivity contribution in [3.63, 3.8) is 0 Å². The lowest BCUT2D eigenvalue weighted by atomic mass is 10.1. The summed E-state index contributed by atoms with van der Waals surface area (Å²) < 4.78 is 17.1. The van der Waals surface area contributed by atoms with Crippen LogP contribution in [-0.2, 0) is 9.47 Å². The van der Waals surface area contributed by atoms with Gasteiger partial charge in [0.1, 0.15) is 18.5 Å². The molecule has 5 heteroatoms. The van der Waals surface area contributed by atoms with Crippen LogP contribution < -0.4 is 9.64 Å². The van der Waals surface area contributed by atoms with Crippen molar-refractivity contribution in [1.29, 1.82) is 0 Å². The summed E-state index contributed by atoms with van der Waals surface area (Å²) in [4.78, 5) is 14.8. The second kappa shape index (κ2) is 13.6. The Labute approximate surface area is 192 Å². The standard InChI is InChI=1S/C27H35NO4/c1-2-3-5-14-25(32-27(29)23-11-6-4-7-12-23)15-8-9-19-31-26-16-10-13-24(22-26)28-17-20-30-21-18-28/h4,6-13,16,22,25H,2-3,5,14-15,17-21H2,1H3/b9-8+. The first-order chi connectivity index (χ1) is 15.8. The number of carbonyl (C=O) groups is 1. The smallest absolute Gasteiger partial charge is 0.338 e. The Kier molecular flexibility index (Phi) is 10.1. The summed E-state index contributed by atoms with van der Waals surface area (Å²) in [5.41, 5.74) is 1.76. The van der Waals surface area contributed by atoms with Crippen molar-refractivity contribution in [3.8, 4) is 5.75 Å². The maximum absolute atomic E-state index is 12.4. The summed E-state index contributed by atoms with van der Waals surface area (Å²) in [6, 6.07) is 17.4. The van der Waals surface area contributed by atoms with Gasteiger partial charge in [-0.25, -0.2) is 4.79 Å². The Morgan fingerprint density at radius 2 is 1.88 bits per heavy atom. The highest BCUT2D eigenvalue weighted by molar-refractivity contribution is 5.89. The van der Waals surface area contributed by atoms with Crippen LogP contribution in [0.4, 0.5) is 5.69 Å². The topological polar surface area (TPSA) is 48.0 Å². The molecule has 1 heterocycles. The van der Waals surface area contributed by atoms with E-state index in [2.05, 4.69) is 30.0 Å². The molecule has 32 heavy (non-hydrogen) atoms. The Morgan fingerprint density at radius 3 is 2.66 bits per heavy atom. The normalized spacial score (nSPS) is 15.0. The highest BCUT2D eigenvalue weighted by atomic mass is 16.5. The minimum absolute atomic E-state index is 0.116. The second-order valence-electron chi connectivity index (χ2n) is 8.00. The van der Waals surface area contributed by atoms with E-state index in [1.165, 1.54) is 5.69 Å². The van der Waals surface area contributed by atoms with Crippen molar-refractivity contribution >= 4 is 11.7 Å². The molecule has 0 spiro atoms. The van der Waals surface area contributed by atoms with Crippen LogP contribution in [0.2, 0.25) is 0 Å². The molecule has 3 rings (SSSR count). The average molecular weight is 438 g/mol. The van der Waals surface area contributed by atoms with Gasteiger partial charge in [-0.1, -0.05) is 56.2 Å². The molecule has 0 saturated carbocycles. The van der Waals surface area contributed by atoms with Crippen LogP contribution in [0.5, 0.6) is 5.75 Å². The van der Waals surface area contributed by atoms with E-state index in [1.54, 1.807) is 12.1 Å². The third-order valence-electron chi connectivity index (χ3n) is 5.52. The number of hydrogen-bond acceptors (Lipinski definition) is 5. The van der Waals surface area contributed by atoms with Gasteiger partial charge in [-0.05, 0) is 37.1 Å². The van der Waals surface area contributed by atoms with Crippen LogP contribution >= 0.6 is 0 Å². The molecule has 0 aliphatic carbocycles. The van der Waals surface area contributed by atoms with Crippen molar-refractivity contribution in [3.05, 3.63) is 72.3 Å². The first-order valence-electron chi connectivity index (χ1n) is 11.7. The van der Waals surface area contributed by atoms with Gasteiger partial charge in [-0.2, -0.15) is 0 Å². The Balaban J connectivity index is 1.47. The summed E-state index contributed by atoms with van der Waals surface area (Å²) in [5, 5.41) is 0. The third-order valence-corrected chi connectivity index (χ3v) is 5.52. The van der Waals surface area contributed by atoms with Crippen molar-refractivity contribution in [2.75, 3.05) is 37.8 Å². The van der Waals surface area contributed by atoms with Gasteiger partial charge in [-0.3, -0.25) is 0 Å². The van der Waals surface area contributed by atoms with Gasteiger partial charge in [0.05, 0.1) is 18.8 Å². The van der Waals surface area contributed by atoms with E-state index < -0.39 is 0 Å². The molecule has 1 saturated heterocycles. The molecule has 0 aromatic heterocycles. The van der Waals surface area contributed by atoms with Gasteiger partial charge < -0.3 is 19.1 Å². The molecule has 1 unspecified atom stereocenters. The zero-order chi connectivity index (χ0) is 22.4. The first kappa shape index (κ1) is 23.9. The largest absolute Gasteiger partial charge is 0.489 e. The fourth-order valence-electron chi connectivity index (χ4n) is 3.69.